The van der Waals surface area contributed by atoms with Crippen molar-refractivity contribution in [2.75, 3.05) is 26.7 Å². The van der Waals surface area contributed by atoms with Gasteiger partial charge in [0.1, 0.15) is 0 Å². The summed E-state index contributed by atoms with van der Waals surface area (Å²) in [4.78, 5) is 0.379. The highest BCUT2D eigenvalue weighted by Crippen LogP contribution is 2.16. The van der Waals surface area contributed by atoms with E-state index in [1.54, 1.807) is 19.2 Å². The maximum Gasteiger partial charge on any atom is 0.242 e. The number of nitrogens with one attached hydrogen (secondary N) is 1. The van der Waals surface area contributed by atoms with E-state index in [-0.39, 0.29) is 0 Å². The molecule has 114 valence electrons. The van der Waals surface area contributed by atoms with Crippen LogP contribution < -0.4 is 5.32 Å². The highest BCUT2D eigenvalue weighted by Gasteiger charge is 2.19. The summed E-state index contributed by atoms with van der Waals surface area (Å²) < 4.78 is 25.9. The minimum Gasteiger partial charge on any atom is -0.317 e. The van der Waals surface area contributed by atoms with Crippen LogP contribution in [-0.2, 0) is 16.4 Å². The van der Waals surface area contributed by atoms with Crippen molar-refractivity contribution >= 4 is 10.0 Å². The first-order valence-corrected chi connectivity index (χ1v) is 8.72. The van der Waals surface area contributed by atoms with Gasteiger partial charge in [-0.1, -0.05) is 26.0 Å². The van der Waals surface area contributed by atoms with E-state index in [9.17, 15) is 8.42 Å². The highest BCUT2D eigenvalue weighted by atomic mass is 32.2. The molecule has 0 aliphatic heterocycles. The molecular formula is C15H26N2O2S. The van der Waals surface area contributed by atoms with Crippen LogP contribution in [0.2, 0.25) is 0 Å². The number of hydrogen-bond acceptors (Lipinski definition) is 3. The molecule has 0 unspecified atom stereocenters. The van der Waals surface area contributed by atoms with E-state index < -0.39 is 10.0 Å². The fraction of sp³-hybridized carbons (Fsp3) is 0.600. The summed E-state index contributed by atoms with van der Waals surface area (Å²) in [5.41, 5.74) is 1.18. The lowest BCUT2D eigenvalue weighted by Gasteiger charge is -2.16. The average molecular weight is 298 g/mol. The number of rotatable bonds is 9. The third kappa shape index (κ3) is 4.89. The van der Waals surface area contributed by atoms with Crippen LogP contribution in [0.15, 0.2) is 29.2 Å². The van der Waals surface area contributed by atoms with E-state index in [0.717, 1.165) is 32.4 Å². The summed E-state index contributed by atoms with van der Waals surface area (Å²) in [7, 11) is -1.70. The number of aryl methyl sites for hydroxylation is 1. The van der Waals surface area contributed by atoms with Crippen LogP contribution in [0.1, 0.15) is 32.3 Å². The van der Waals surface area contributed by atoms with Gasteiger partial charge >= 0.3 is 0 Å². The van der Waals surface area contributed by atoms with Gasteiger partial charge in [0, 0.05) is 13.6 Å². The lowest BCUT2D eigenvalue weighted by atomic mass is 10.1. The molecule has 0 spiro atoms. The van der Waals surface area contributed by atoms with E-state index in [1.807, 2.05) is 19.1 Å². The molecule has 4 nitrogen and oxygen atoms in total. The molecule has 0 bridgehead atoms. The predicted octanol–water partition coefficient (Wildman–Crippen LogP) is 2.26. The molecule has 0 saturated carbocycles. The first-order valence-electron chi connectivity index (χ1n) is 7.28. The largest absolute Gasteiger partial charge is 0.317 e. The fourth-order valence-corrected chi connectivity index (χ4v) is 3.30. The van der Waals surface area contributed by atoms with Crippen molar-refractivity contribution < 1.29 is 8.42 Å². The van der Waals surface area contributed by atoms with Crippen LogP contribution in [0.3, 0.4) is 0 Å². The van der Waals surface area contributed by atoms with Crippen LogP contribution in [0.4, 0.5) is 0 Å². The van der Waals surface area contributed by atoms with Crippen molar-refractivity contribution in [1.29, 1.82) is 0 Å². The molecule has 1 N–H and O–H groups in total. The molecule has 1 rings (SSSR count). The quantitative estimate of drug-likeness (QED) is 0.711. The van der Waals surface area contributed by atoms with Crippen molar-refractivity contribution in [2.45, 2.75) is 38.0 Å². The Bertz CT molecular complexity index is 483. The Morgan fingerprint density at radius 1 is 1.15 bits per heavy atom. The van der Waals surface area contributed by atoms with Gasteiger partial charge in [0.05, 0.1) is 4.90 Å². The van der Waals surface area contributed by atoms with E-state index in [2.05, 4.69) is 12.2 Å². The van der Waals surface area contributed by atoms with Gasteiger partial charge < -0.3 is 5.32 Å². The lowest BCUT2D eigenvalue weighted by molar-refractivity contribution is 0.468. The maximum absolute atomic E-state index is 12.2. The second kappa shape index (κ2) is 8.39. The molecule has 1 aromatic rings. The SMILES string of the molecule is CCCN(C)S(=O)(=O)c1ccc(CCCNCC)cc1. The molecule has 0 heterocycles. The van der Waals surface area contributed by atoms with Crippen molar-refractivity contribution in [3.05, 3.63) is 29.8 Å². The molecule has 5 heteroatoms. The van der Waals surface area contributed by atoms with Gasteiger partial charge in [0.2, 0.25) is 10.0 Å². The summed E-state index contributed by atoms with van der Waals surface area (Å²) in [5, 5.41) is 3.28. The van der Waals surface area contributed by atoms with Crippen LogP contribution in [-0.4, -0.2) is 39.4 Å². The molecule has 0 atom stereocenters. The second-order valence-corrected chi connectivity index (χ2v) is 6.97. The van der Waals surface area contributed by atoms with E-state index >= 15 is 0 Å². The van der Waals surface area contributed by atoms with Gasteiger partial charge in [0.15, 0.2) is 0 Å². The van der Waals surface area contributed by atoms with Crippen LogP contribution in [0, 0.1) is 0 Å². The summed E-state index contributed by atoms with van der Waals surface area (Å²) in [6.45, 7) is 6.59. The zero-order valence-electron chi connectivity index (χ0n) is 12.7. The smallest absolute Gasteiger partial charge is 0.242 e. The van der Waals surface area contributed by atoms with Gasteiger partial charge in [-0.3, -0.25) is 0 Å². The molecule has 0 amide bonds. The Balaban J connectivity index is 2.66. The molecular weight excluding hydrogens is 272 g/mol. The van der Waals surface area contributed by atoms with Crippen molar-refractivity contribution in [2.24, 2.45) is 0 Å². The summed E-state index contributed by atoms with van der Waals surface area (Å²) in [6.07, 6.45) is 2.85. The Labute approximate surface area is 123 Å². The first-order chi connectivity index (χ1) is 9.52. The standard InChI is InChI=1S/C15H26N2O2S/c1-4-13-17(3)20(18,19)15-10-8-14(9-11-15)7-6-12-16-5-2/h8-11,16H,4-7,12-13H2,1-3H3. The Kier molecular flexibility index (Phi) is 7.19. The molecule has 0 saturated heterocycles. The highest BCUT2D eigenvalue weighted by molar-refractivity contribution is 7.89. The van der Waals surface area contributed by atoms with Gasteiger partial charge in [-0.25, -0.2) is 12.7 Å². The molecule has 0 aromatic heterocycles. The number of benzene rings is 1. The van der Waals surface area contributed by atoms with Crippen LogP contribution in [0.25, 0.3) is 0 Å². The zero-order chi connectivity index (χ0) is 15.0. The van der Waals surface area contributed by atoms with E-state index in [1.165, 1.54) is 9.87 Å². The Morgan fingerprint density at radius 2 is 1.80 bits per heavy atom. The molecule has 20 heavy (non-hydrogen) atoms. The van der Waals surface area contributed by atoms with E-state index in [4.69, 9.17) is 0 Å². The van der Waals surface area contributed by atoms with Crippen molar-refractivity contribution in [1.82, 2.24) is 9.62 Å². The maximum atomic E-state index is 12.2. The monoisotopic (exact) mass is 298 g/mol. The van der Waals surface area contributed by atoms with E-state index in [0.29, 0.717) is 11.4 Å². The van der Waals surface area contributed by atoms with Gasteiger partial charge in [-0.15, -0.1) is 0 Å². The number of sulfonamides is 1. The second-order valence-electron chi connectivity index (χ2n) is 4.93. The molecule has 0 aliphatic rings. The number of nitrogens with zero attached hydrogens (tertiary/aromatic N) is 1. The molecule has 1 aromatic carbocycles. The lowest BCUT2D eigenvalue weighted by Crippen LogP contribution is -2.27. The number of hydrogen-bond donors (Lipinski definition) is 1. The minimum absolute atomic E-state index is 0.379. The minimum atomic E-state index is -3.33. The van der Waals surface area contributed by atoms with Crippen molar-refractivity contribution in [3.63, 3.8) is 0 Å². The average Bonchev–Trinajstić information content (AvgIpc) is 2.44. The summed E-state index contributed by atoms with van der Waals surface area (Å²) in [5.74, 6) is 0. The predicted molar refractivity (Wildman–Crippen MR) is 83.4 cm³/mol. The van der Waals surface area contributed by atoms with Gasteiger partial charge in [0.25, 0.3) is 0 Å². The van der Waals surface area contributed by atoms with Crippen LogP contribution >= 0.6 is 0 Å². The third-order valence-electron chi connectivity index (χ3n) is 3.24. The Hall–Kier alpha value is -0.910. The molecule has 0 radical (unpaired) electrons. The molecule has 0 aliphatic carbocycles. The Morgan fingerprint density at radius 3 is 2.35 bits per heavy atom. The normalized spacial score (nSPS) is 12.0. The summed E-state index contributed by atoms with van der Waals surface area (Å²) >= 11 is 0. The summed E-state index contributed by atoms with van der Waals surface area (Å²) in [6, 6.07) is 7.26. The zero-order valence-corrected chi connectivity index (χ0v) is 13.5. The van der Waals surface area contributed by atoms with Gasteiger partial charge in [-0.2, -0.15) is 0 Å². The van der Waals surface area contributed by atoms with Gasteiger partial charge in [-0.05, 0) is 50.0 Å². The molecule has 0 fully saturated rings. The van der Waals surface area contributed by atoms with Crippen LogP contribution in [0.5, 0.6) is 0 Å². The topological polar surface area (TPSA) is 49.4 Å². The first kappa shape index (κ1) is 17.1. The third-order valence-corrected chi connectivity index (χ3v) is 5.11. The van der Waals surface area contributed by atoms with Crippen molar-refractivity contribution in [3.8, 4) is 0 Å². The fourth-order valence-electron chi connectivity index (χ4n) is 2.04.